The number of hydrogen-bond donors (Lipinski definition) is 1. The summed E-state index contributed by atoms with van der Waals surface area (Å²) in [5, 5.41) is 5.99. The predicted octanol–water partition coefficient (Wildman–Crippen LogP) is 4.82. The highest BCUT2D eigenvalue weighted by Crippen LogP contribution is 2.39. The number of fused-ring (bicyclic) bond motifs is 2. The van der Waals surface area contributed by atoms with Crippen molar-refractivity contribution in [2.24, 2.45) is 0 Å². The zero-order valence-electron chi connectivity index (χ0n) is 15.5. The molecule has 0 radical (unpaired) electrons. The number of methoxy groups -OCH3 is 2. The molecule has 6 heteroatoms. The zero-order valence-corrected chi connectivity index (χ0v) is 16.4. The van der Waals surface area contributed by atoms with E-state index < -0.39 is 0 Å². The van der Waals surface area contributed by atoms with Gasteiger partial charge in [-0.05, 0) is 47.6 Å². The Bertz CT molecular complexity index is 1250. The number of hydrogen-bond acceptors (Lipinski definition) is 5. The molecule has 0 spiro atoms. The molecular weight excluding hydrogens is 372 g/mol. The Morgan fingerprint density at radius 2 is 1.89 bits per heavy atom. The number of carbonyl (C=O) groups excluding carboxylic acids is 1. The molecule has 0 saturated heterocycles. The van der Waals surface area contributed by atoms with E-state index in [1.807, 2.05) is 0 Å². The third-order valence-electron chi connectivity index (χ3n) is 5.22. The Labute approximate surface area is 165 Å². The van der Waals surface area contributed by atoms with Gasteiger partial charge in [0.05, 0.1) is 30.0 Å². The summed E-state index contributed by atoms with van der Waals surface area (Å²) in [7, 11) is 3.07. The first-order chi connectivity index (χ1) is 13.7. The van der Waals surface area contributed by atoms with Gasteiger partial charge in [0.25, 0.3) is 5.91 Å². The number of benzene rings is 3. The van der Waals surface area contributed by atoms with Gasteiger partial charge in [-0.1, -0.05) is 35.6 Å². The van der Waals surface area contributed by atoms with Crippen molar-refractivity contribution in [1.82, 2.24) is 4.98 Å². The number of carbonyl (C=O) groups is 1. The molecule has 5 nitrogen and oxygen atoms in total. The minimum Gasteiger partial charge on any atom is -0.493 e. The molecule has 0 aliphatic heterocycles. The maximum atomic E-state index is 12.9. The van der Waals surface area contributed by atoms with Crippen LogP contribution in [-0.4, -0.2) is 25.1 Å². The van der Waals surface area contributed by atoms with Gasteiger partial charge in [-0.25, -0.2) is 4.98 Å². The van der Waals surface area contributed by atoms with E-state index in [2.05, 4.69) is 29.6 Å². The normalized spacial score (nSPS) is 12.5. The van der Waals surface area contributed by atoms with Crippen molar-refractivity contribution >= 4 is 43.4 Å². The van der Waals surface area contributed by atoms with Crippen LogP contribution in [0.25, 0.3) is 21.0 Å². The third-order valence-corrected chi connectivity index (χ3v) is 6.14. The number of nitrogens with one attached hydrogen (secondary N) is 1. The van der Waals surface area contributed by atoms with Gasteiger partial charge in [0.2, 0.25) is 0 Å². The van der Waals surface area contributed by atoms with Gasteiger partial charge in [0, 0.05) is 5.39 Å². The molecule has 0 fully saturated rings. The van der Waals surface area contributed by atoms with Crippen molar-refractivity contribution in [3.05, 3.63) is 59.2 Å². The Morgan fingerprint density at radius 1 is 1.07 bits per heavy atom. The van der Waals surface area contributed by atoms with Gasteiger partial charge >= 0.3 is 0 Å². The summed E-state index contributed by atoms with van der Waals surface area (Å²) in [5.74, 6) is 0.660. The molecule has 0 atom stereocenters. The van der Waals surface area contributed by atoms with Gasteiger partial charge < -0.3 is 9.47 Å². The summed E-state index contributed by atoms with van der Waals surface area (Å²) in [5.41, 5.74) is 4.11. The molecule has 140 valence electrons. The number of thiazole rings is 1. The van der Waals surface area contributed by atoms with Crippen LogP contribution in [0.15, 0.2) is 42.5 Å². The van der Waals surface area contributed by atoms with Crippen molar-refractivity contribution in [1.29, 1.82) is 0 Å². The molecule has 1 N–H and O–H groups in total. The van der Waals surface area contributed by atoms with Gasteiger partial charge in [-0.2, -0.15) is 0 Å². The lowest BCUT2D eigenvalue weighted by Crippen LogP contribution is -2.13. The molecule has 0 saturated carbocycles. The van der Waals surface area contributed by atoms with Crippen molar-refractivity contribution in [2.75, 3.05) is 19.5 Å². The number of para-hydroxylation sites is 1. The fourth-order valence-corrected chi connectivity index (χ4v) is 4.93. The lowest BCUT2D eigenvalue weighted by molar-refractivity contribution is 0.102. The maximum Gasteiger partial charge on any atom is 0.261 e. The molecule has 0 unspecified atom stereocenters. The molecule has 1 aliphatic carbocycles. The molecule has 28 heavy (non-hydrogen) atoms. The number of amides is 1. The van der Waals surface area contributed by atoms with Crippen LogP contribution in [0, 0.1) is 0 Å². The number of aromatic nitrogens is 1. The average molecular weight is 390 g/mol. The van der Waals surface area contributed by atoms with Crippen LogP contribution in [0.1, 0.15) is 21.5 Å². The van der Waals surface area contributed by atoms with E-state index in [4.69, 9.17) is 14.5 Å². The van der Waals surface area contributed by atoms with E-state index in [-0.39, 0.29) is 5.91 Å². The molecule has 3 aromatic carbocycles. The Balaban J connectivity index is 1.56. The second-order valence-corrected chi connectivity index (χ2v) is 7.77. The van der Waals surface area contributed by atoms with Crippen LogP contribution in [0.4, 0.5) is 5.13 Å². The number of rotatable bonds is 4. The van der Waals surface area contributed by atoms with Crippen LogP contribution < -0.4 is 14.8 Å². The minimum absolute atomic E-state index is 0.271. The quantitative estimate of drug-likeness (QED) is 0.543. The first-order valence-corrected chi connectivity index (χ1v) is 9.87. The van der Waals surface area contributed by atoms with E-state index in [1.54, 1.807) is 25.3 Å². The van der Waals surface area contributed by atoms with Crippen LogP contribution >= 0.6 is 11.3 Å². The zero-order chi connectivity index (χ0) is 19.3. The molecule has 4 aromatic rings. The molecule has 5 rings (SSSR count). The summed E-state index contributed by atoms with van der Waals surface area (Å²) >= 11 is 1.50. The Kier molecular flexibility index (Phi) is 3.94. The molecule has 1 heterocycles. The van der Waals surface area contributed by atoms with Crippen LogP contribution in [-0.2, 0) is 12.8 Å². The summed E-state index contributed by atoms with van der Waals surface area (Å²) in [6, 6.07) is 13.8. The Hall–Kier alpha value is -3.12. The SMILES string of the molecule is COc1cccc(C(=O)Nc2nc3c(cc4c5c(cccc53)CC4)s2)c1OC. The summed E-state index contributed by atoms with van der Waals surface area (Å²) in [4.78, 5) is 17.6. The van der Waals surface area contributed by atoms with E-state index >= 15 is 0 Å². The maximum absolute atomic E-state index is 12.9. The van der Waals surface area contributed by atoms with Crippen LogP contribution in [0.2, 0.25) is 0 Å². The van der Waals surface area contributed by atoms with E-state index in [1.165, 1.54) is 40.3 Å². The summed E-state index contributed by atoms with van der Waals surface area (Å²) < 4.78 is 11.8. The third kappa shape index (κ3) is 2.52. The lowest BCUT2D eigenvalue weighted by Gasteiger charge is -2.11. The van der Waals surface area contributed by atoms with Crippen molar-refractivity contribution in [2.45, 2.75) is 12.8 Å². The first-order valence-electron chi connectivity index (χ1n) is 9.06. The van der Waals surface area contributed by atoms with Gasteiger partial charge in [0.15, 0.2) is 16.6 Å². The number of aryl methyl sites for hydroxylation is 2. The Morgan fingerprint density at radius 3 is 2.71 bits per heavy atom. The molecular formula is C22H18N2O3S. The average Bonchev–Trinajstić information content (AvgIpc) is 3.32. The van der Waals surface area contributed by atoms with Crippen LogP contribution in [0.5, 0.6) is 11.5 Å². The smallest absolute Gasteiger partial charge is 0.261 e. The first kappa shape index (κ1) is 17.0. The molecule has 1 amide bonds. The number of nitrogens with zero attached hydrogens (tertiary/aromatic N) is 1. The highest BCUT2D eigenvalue weighted by atomic mass is 32.1. The lowest BCUT2D eigenvalue weighted by atomic mass is 10.0. The standard InChI is InChI=1S/C22H18N2O3S/c1-26-16-8-4-7-15(20(16)27-2)21(25)24-22-23-19-14-6-3-5-12-9-10-13(18(12)14)11-17(19)28-22/h3-8,11H,9-10H2,1-2H3,(H,23,24,25). The molecule has 1 aromatic heterocycles. The predicted molar refractivity (Wildman–Crippen MR) is 112 cm³/mol. The highest BCUT2D eigenvalue weighted by Gasteiger charge is 2.21. The van der Waals surface area contributed by atoms with E-state index in [0.29, 0.717) is 22.2 Å². The van der Waals surface area contributed by atoms with Crippen molar-refractivity contribution < 1.29 is 14.3 Å². The van der Waals surface area contributed by atoms with E-state index in [0.717, 1.165) is 23.1 Å². The highest BCUT2D eigenvalue weighted by molar-refractivity contribution is 7.22. The second kappa shape index (κ2) is 6.49. The minimum atomic E-state index is -0.271. The van der Waals surface area contributed by atoms with Gasteiger partial charge in [-0.15, -0.1) is 0 Å². The molecule has 1 aliphatic rings. The monoisotopic (exact) mass is 390 g/mol. The van der Waals surface area contributed by atoms with Gasteiger partial charge in [0.1, 0.15) is 0 Å². The molecule has 0 bridgehead atoms. The fourth-order valence-electron chi connectivity index (χ4n) is 3.99. The topological polar surface area (TPSA) is 60.5 Å². The number of ether oxygens (including phenoxy) is 2. The largest absolute Gasteiger partial charge is 0.493 e. The number of anilines is 1. The van der Waals surface area contributed by atoms with Crippen molar-refractivity contribution in [3.8, 4) is 11.5 Å². The second-order valence-electron chi connectivity index (χ2n) is 6.74. The van der Waals surface area contributed by atoms with Crippen molar-refractivity contribution in [3.63, 3.8) is 0 Å². The summed E-state index contributed by atoms with van der Waals surface area (Å²) in [6.07, 6.45) is 2.15. The van der Waals surface area contributed by atoms with Gasteiger partial charge in [-0.3, -0.25) is 10.1 Å². The van der Waals surface area contributed by atoms with Crippen LogP contribution in [0.3, 0.4) is 0 Å². The fraction of sp³-hybridized carbons (Fsp3) is 0.182. The van der Waals surface area contributed by atoms with E-state index in [9.17, 15) is 4.79 Å². The summed E-state index contributed by atoms with van der Waals surface area (Å²) in [6.45, 7) is 0.